The molecule has 1 amide bonds. The van der Waals surface area contributed by atoms with Gasteiger partial charge in [0.2, 0.25) is 0 Å². The molecule has 3 aromatic rings. The fraction of sp³-hybridized carbons (Fsp3) is 0.111. The highest BCUT2D eigenvalue weighted by molar-refractivity contribution is 7.90. The number of pyridine rings is 3. The van der Waals surface area contributed by atoms with Gasteiger partial charge >= 0.3 is 0 Å². The first kappa shape index (κ1) is 20.1. The molecule has 3 aromatic heterocycles. The van der Waals surface area contributed by atoms with E-state index in [2.05, 4.69) is 30.9 Å². The maximum atomic E-state index is 13.0. The molecule has 3 N–H and O–H groups in total. The molecule has 11 heteroatoms. The lowest BCUT2D eigenvalue weighted by Gasteiger charge is -2.14. The molecule has 0 aliphatic carbocycles. The molecule has 3 rings (SSSR count). The van der Waals surface area contributed by atoms with Crippen molar-refractivity contribution in [2.75, 3.05) is 23.9 Å². The van der Waals surface area contributed by atoms with E-state index in [1.165, 1.54) is 49.8 Å². The molecule has 0 spiro atoms. The Kier molecular flexibility index (Phi) is 5.69. The highest BCUT2D eigenvalue weighted by atomic mass is 32.2. The Morgan fingerprint density at radius 1 is 1.03 bits per heavy atom. The third-order valence-corrected chi connectivity index (χ3v) is 4.91. The smallest absolute Gasteiger partial charge is 0.254 e. The van der Waals surface area contributed by atoms with Gasteiger partial charge < -0.3 is 16.0 Å². The first-order valence-corrected chi connectivity index (χ1v) is 10.2. The van der Waals surface area contributed by atoms with Gasteiger partial charge in [0, 0.05) is 31.8 Å². The monoisotopic (exact) mass is 416 g/mol. The molecule has 0 aromatic carbocycles. The Morgan fingerprint density at radius 3 is 2.45 bits per heavy atom. The second kappa shape index (κ2) is 8.19. The van der Waals surface area contributed by atoms with Crippen LogP contribution in [0.1, 0.15) is 10.4 Å². The lowest BCUT2D eigenvalue weighted by atomic mass is 10.2. The van der Waals surface area contributed by atoms with E-state index < -0.39 is 21.6 Å². The molecule has 0 saturated carbocycles. The van der Waals surface area contributed by atoms with E-state index in [4.69, 9.17) is 0 Å². The molecule has 9 nitrogen and oxygen atoms in total. The number of halogens is 1. The van der Waals surface area contributed by atoms with Crippen molar-refractivity contribution in [3.63, 3.8) is 0 Å². The van der Waals surface area contributed by atoms with Gasteiger partial charge in [0.05, 0.1) is 17.4 Å². The molecule has 0 bridgehead atoms. The number of carbonyl (C=O) groups excluding carboxylic acids is 1. The van der Waals surface area contributed by atoms with Crippen molar-refractivity contribution in [2.24, 2.45) is 0 Å². The molecule has 0 unspecified atom stereocenters. The summed E-state index contributed by atoms with van der Waals surface area (Å²) >= 11 is 0. The molecule has 0 saturated heterocycles. The summed E-state index contributed by atoms with van der Waals surface area (Å²) in [7, 11) is -2.10. The lowest BCUT2D eigenvalue weighted by molar-refractivity contribution is 0.0963. The number of amides is 1. The van der Waals surface area contributed by atoms with Crippen LogP contribution < -0.4 is 16.0 Å². The molecular formula is C18H17FN6O3S. The zero-order chi connectivity index (χ0) is 21.0. The first-order chi connectivity index (χ1) is 13.8. The van der Waals surface area contributed by atoms with Crippen LogP contribution in [0.4, 0.5) is 27.5 Å². The number of rotatable bonds is 6. The average Bonchev–Trinajstić information content (AvgIpc) is 2.69. The molecule has 150 valence electrons. The fourth-order valence-corrected chi connectivity index (χ4v) is 3.22. The summed E-state index contributed by atoms with van der Waals surface area (Å²) in [6, 6.07) is 7.07. The Bertz CT molecular complexity index is 1150. The summed E-state index contributed by atoms with van der Waals surface area (Å²) in [6.07, 6.45) is 4.86. The number of hydrogen-bond donors (Lipinski definition) is 3. The molecular weight excluding hydrogens is 399 g/mol. The molecule has 0 aliphatic rings. The van der Waals surface area contributed by atoms with Gasteiger partial charge in [-0.15, -0.1) is 0 Å². The Morgan fingerprint density at radius 2 is 1.79 bits per heavy atom. The van der Waals surface area contributed by atoms with Gasteiger partial charge in [0.25, 0.3) is 5.91 Å². The van der Waals surface area contributed by atoms with Gasteiger partial charge in [0.15, 0.2) is 9.84 Å². The molecule has 0 fully saturated rings. The van der Waals surface area contributed by atoms with E-state index in [0.717, 1.165) is 12.5 Å². The van der Waals surface area contributed by atoms with Gasteiger partial charge in [-0.3, -0.25) is 4.79 Å². The van der Waals surface area contributed by atoms with Crippen LogP contribution in [0.2, 0.25) is 0 Å². The van der Waals surface area contributed by atoms with E-state index in [0.29, 0.717) is 11.6 Å². The van der Waals surface area contributed by atoms with Crippen molar-refractivity contribution in [3.05, 3.63) is 60.3 Å². The van der Waals surface area contributed by atoms with Crippen molar-refractivity contribution in [1.82, 2.24) is 20.3 Å². The molecule has 0 atom stereocenters. The minimum Gasteiger partial charge on any atom is -0.355 e. The largest absolute Gasteiger partial charge is 0.355 e. The third kappa shape index (κ3) is 4.82. The lowest BCUT2D eigenvalue weighted by Crippen LogP contribution is -2.20. The first-order valence-electron chi connectivity index (χ1n) is 8.30. The zero-order valence-electron chi connectivity index (χ0n) is 15.5. The maximum absolute atomic E-state index is 13.0. The van der Waals surface area contributed by atoms with Crippen LogP contribution >= 0.6 is 0 Å². The summed E-state index contributed by atoms with van der Waals surface area (Å²) < 4.78 is 37.1. The molecule has 0 aliphatic heterocycles. The molecule has 0 radical (unpaired) electrons. The van der Waals surface area contributed by atoms with Gasteiger partial charge in [-0.25, -0.2) is 27.8 Å². The van der Waals surface area contributed by atoms with Crippen molar-refractivity contribution >= 4 is 38.9 Å². The quantitative estimate of drug-likeness (QED) is 0.559. The van der Waals surface area contributed by atoms with Crippen LogP contribution in [0.5, 0.6) is 0 Å². The number of sulfone groups is 1. The zero-order valence-corrected chi connectivity index (χ0v) is 16.3. The van der Waals surface area contributed by atoms with Gasteiger partial charge in [0.1, 0.15) is 28.2 Å². The fourth-order valence-electron chi connectivity index (χ4n) is 2.43. The normalized spacial score (nSPS) is 11.0. The van der Waals surface area contributed by atoms with Gasteiger partial charge in [-0.2, -0.15) is 0 Å². The Labute approximate surface area is 166 Å². The molecule has 3 heterocycles. The van der Waals surface area contributed by atoms with Crippen molar-refractivity contribution in [1.29, 1.82) is 0 Å². The van der Waals surface area contributed by atoms with Crippen molar-refractivity contribution in [3.8, 4) is 0 Å². The van der Waals surface area contributed by atoms with Gasteiger partial charge in [-0.1, -0.05) is 0 Å². The standard InChI is InChI=1S/C18H17FN6O3S/c1-20-18(26)12-10-23-16(25-15-6-5-11(19)9-22-15)8-13(12)24-17-14(29(2,27)28)4-3-7-21-17/h3-10H,1-2H3,(H,20,26)(H2,21,22,23,24,25). The highest BCUT2D eigenvalue weighted by Gasteiger charge is 2.18. The summed E-state index contributed by atoms with van der Waals surface area (Å²) in [5.41, 5.74) is 0.447. The molecule has 29 heavy (non-hydrogen) atoms. The van der Waals surface area contributed by atoms with E-state index in [1.54, 1.807) is 0 Å². The number of carbonyl (C=O) groups is 1. The Balaban J connectivity index is 2.01. The number of aromatic nitrogens is 3. The van der Waals surface area contributed by atoms with Gasteiger partial charge in [-0.05, 0) is 24.3 Å². The van der Waals surface area contributed by atoms with Crippen LogP contribution in [0.3, 0.4) is 0 Å². The van der Waals surface area contributed by atoms with Crippen molar-refractivity contribution in [2.45, 2.75) is 4.90 Å². The number of hydrogen-bond acceptors (Lipinski definition) is 8. The predicted molar refractivity (Wildman–Crippen MR) is 106 cm³/mol. The summed E-state index contributed by atoms with van der Waals surface area (Å²) in [6.45, 7) is 0. The van der Waals surface area contributed by atoms with Crippen LogP contribution in [0, 0.1) is 5.82 Å². The second-order valence-electron chi connectivity index (χ2n) is 5.93. The highest BCUT2D eigenvalue weighted by Crippen LogP contribution is 2.27. The Hall–Kier alpha value is -3.60. The van der Waals surface area contributed by atoms with Crippen LogP contribution in [0.15, 0.2) is 53.8 Å². The number of anilines is 4. The summed E-state index contributed by atoms with van der Waals surface area (Å²) in [5.74, 6) is -0.201. The number of nitrogens with one attached hydrogen (secondary N) is 3. The van der Waals surface area contributed by atoms with Crippen LogP contribution in [-0.4, -0.2) is 42.6 Å². The van der Waals surface area contributed by atoms with Crippen molar-refractivity contribution < 1.29 is 17.6 Å². The maximum Gasteiger partial charge on any atom is 0.254 e. The minimum absolute atomic E-state index is 0.0191. The topological polar surface area (TPSA) is 126 Å². The SMILES string of the molecule is CNC(=O)c1cnc(Nc2ccc(F)cn2)cc1Nc1ncccc1S(C)(=O)=O. The van der Waals surface area contributed by atoms with E-state index in [9.17, 15) is 17.6 Å². The average molecular weight is 416 g/mol. The predicted octanol–water partition coefficient (Wildman–Crippen LogP) is 2.26. The summed E-state index contributed by atoms with van der Waals surface area (Å²) in [4.78, 5) is 24.3. The number of nitrogens with zero attached hydrogens (tertiary/aromatic N) is 3. The van der Waals surface area contributed by atoms with E-state index >= 15 is 0 Å². The van der Waals surface area contributed by atoms with E-state index in [-0.39, 0.29) is 22.0 Å². The van der Waals surface area contributed by atoms with E-state index in [1.807, 2.05) is 0 Å². The van der Waals surface area contributed by atoms with Crippen LogP contribution in [-0.2, 0) is 9.84 Å². The third-order valence-electron chi connectivity index (χ3n) is 3.78. The summed E-state index contributed by atoms with van der Waals surface area (Å²) in [5, 5.41) is 8.27. The minimum atomic E-state index is -3.56. The van der Waals surface area contributed by atoms with Crippen LogP contribution in [0.25, 0.3) is 0 Å². The second-order valence-corrected chi connectivity index (χ2v) is 7.91.